The van der Waals surface area contributed by atoms with Crippen molar-refractivity contribution in [3.8, 4) is 11.8 Å². The molecular weight excluding hydrogens is 389 g/mol. The summed E-state index contributed by atoms with van der Waals surface area (Å²) in [5.41, 5.74) is 5.72. The molecule has 4 rings (SSSR count). The lowest BCUT2D eigenvalue weighted by Crippen LogP contribution is -2.29. The topological polar surface area (TPSA) is 71.9 Å². The lowest BCUT2D eigenvalue weighted by Gasteiger charge is -2.26. The van der Waals surface area contributed by atoms with Gasteiger partial charge in [-0.05, 0) is 11.6 Å². The van der Waals surface area contributed by atoms with E-state index in [9.17, 15) is 0 Å². The van der Waals surface area contributed by atoms with Gasteiger partial charge in [-0.2, -0.15) is 5.10 Å². The van der Waals surface area contributed by atoms with Gasteiger partial charge in [0.25, 0.3) is 11.8 Å². The van der Waals surface area contributed by atoms with Gasteiger partial charge in [0.05, 0.1) is 35.5 Å². The van der Waals surface area contributed by atoms with Gasteiger partial charge in [-0.3, -0.25) is 5.43 Å². The Labute approximate surface area is 165 Å². The smallest absolute Gasteiger partial charge is 0.278 e. The van der Waals surface area contributed by atoms with Crippen LogP contribution in [0.5, 0.6) is 11.8 Å². The van der Waals surface area contributed by atoms with Crippen molar-refractivity contribution < 1.29 is 9.47 Å². The Kier molecular flexibility index (Phi) is 4.63. The van der Waals surface area contributed by atoms with Crippen molar-refractivity contribution in [3.05, 3.63) is 52.0 Å². The number of rotatable bonds is 4. The molecule has 7 nitrogen and oxygen atoms in total. The third-order valence-corrected chi connectivity index (χ3v) is 4.96. The van der Waals surface area contributed by atoms with Crippen molar-refractivity contribution in [2.24, 2.45) is 5.10 Å². The van der Waals surface area contributed by atoms with E-state index in [-0.39, 0.29) is 17.9 Å². The Balaban J connectivity index is 1.94. The molecule has 0 radical (unpaired) electrons. The molecule has 0 spiro atoms. The molecule has 0 aliphatic carbocycles. The highest BCUT2D eigenvalue weighted by molar-refractivity contribution is 6.45. The van der Waals surface area contributed by atoms with E-state index in [2.05, 4.69) is 20.5 Å². The summed E-state index contributed by atoms with van der Waals surface area (Å²) in [7, 11) is 3.00. The maximum atomic E-state index is 6.57. The molecule has 138 valence electrons. The lowest BCUT2D eigenvalue weighted by atomic mass is 10.1. The van der Waals surface area contributed by atoms with Crippen LogP contribution in [-0.2, 0) is 0 Å². The zero-order valence-corrected chi connectivity index (χ0v) is 16.0. The number of hydrazone groups is 1. The number of aromatic nitrogens is 2. The van der Waals surface area contributed by atoms with Gasteiger partial charge < -0.3 is 14.4 Å². The van der Waals surface area contributed by atoms with Crippen LogP contribution in [0.15, 0.2) is 41.5 Å². The minimum atomic E-state index is -0.264. The number of methoxy groups -OCH3 is 2. The third-order valence-electron chi connectivity index (χ3n) is 4.18. The first-order chi connectivity index (χ1) is 13.1. The van der Waals surface area contributed by atoms with E-state index in [0.717, 1.165) is 5.56 Å². The summed E-state index contributed by atoms with van der Waals surface area (Å²) in [5, 5.41) is 4.90. The molecule has 1 aliphatic rings. The monoisotopic (exact) mass is 403 g/mol. The molecule has 3 aromatic rings. The molecule has 9 heteroatoms. The van der Waals surface area contributed by atoms with E-state index in [1.165, 1.54) is 14.2 Å². The molecule has 0 saturated carbocycles. The van der Waals surface area contributed by atoms with E-state index in [0.29, 0.717) is 26.8 Å². The Morgan fingerprint density at radius 2 is 1.74 bits per heavy atom. The van der Waals surface area contributed by atoms with Crippen LogP contribution in [0, 0.1) is 0 Å². The first-order valence-electron chi connectivity index (χ1n) is 8.03. The first kappa shape index (κ1) is 17.6. The van der Waals surface area contributed by atoms with E-state index >= 15 is 0 Å². The predicted octanol–water partition coefficient (Wildman–Crippen LogP) is 4.01. The fourth-order valence-electron chi connectivity index (χ4n) is 2.95. The van der Waals surface area contributed by atoms with Gasteiger partial charge in [0.15, 0.2) is 0 Å². The fraction of sp³-hybridized carbons (Fsp3) is 0.167. The zero-order valence-electron chi connectivity index (χ0n) is 14.5. The van der Waals surface area contributed by atoms with Crippen molar-refractivity contribution in [1.82, 2.24) is 15.4 Å². The molecule has 0 fully saturated rings. The number of halogens is 2. The maximum absolute atomic E-state index is 6.57. The number of hydrogen-bond acceptors (Lipinski definition) is 7. The molecule has 2 heterocycles. The van der Waals surface area contributed by atoms with Crippen LogP contribution in [0.25, 0.3) is 11.0 Å². The third kappa shape index (κ3) is 2.98. The summed E-state index contributed by atoms with van der Waals surface area (Å²) in [6.07, 6.45) is 1.38. The van der Waals surface area contributed by atoms with Gasteiger partial charge in [-0.25, -0.2) is 9.97 Å². The summed E-state index contributed by atoms with van der Waals surface area (Å²) in [6, 6.07) is 11.5. The van der Waals surface area contributed by atoms with Crippen LogP contribution < -0.4 is 19.8 Å². The SMILES string of the molecule is COc1nc2cc(Cl)c(Cl)c(N3C=NNC3c3ccccc3)c2nc1OC. The van der Waals surface area contributed by atoms with Crippen molar-refractivity contribution >= 4 is 46.3 Å². The molecule has 27 heavy (non-hydrogen) atoms. The highest BCUT2D eigenvalue weighted by Crippen LogP contribution is 2.42. The number of nitrogens with zero attached hydrogens (tertiary/aromatic N) is 4. The number of ether oxygens (including phenoxy) is 2. The highest BCUT2D eigenvalue weighted by atomic mass is 35.5. The van der Waals surface area contributed by atoms with Crippen LogP contribution in [0.4, 0.5) is 5.69 Å². The highest BCUT2D eigenvalue weighted by Gasteiger charge is 2.29. The Bertz CT molecular complexity index is 1030. The summed E-state index contributed by atoms with van der Waals surface area (Å²) in [6.45, 7) is 0. The van der Waals surface area contributed by atoms with Crippen molar-refractivity contribution in [2.75, 3.05) is 19.1 Å². The normalized spacial score (nSPS) is 15.9. The van der Waals surface area contributed by atoms with E-state index in [1.807, 2.05) is 35.2 Å². The number of hydrogen-bond donors (Lipinski definition) is 1. The molecule has 0 bridgehead atoms. The summed E-state index contributed by atoms with van der Waals surface area (Å²) >= 11 is 12.9. The number of anilines is 1. The number of benzene rings is 2. The van der Waals surface area contributed by atoms with Crippen molar-refractivity contribution in [3.63, 3.8) is 0 Å². The van der Waals surface area contributed by atoms with Crippen molar-refractivity contribution in [1.29, 1.82) is 0 Å². The summed E-state index contributed by atoms with van der Waals surface area (Å²) < 4.78 is 10.5. The van der Waals surface area contributed by atoms with Crippen LogP contribution in [0.1, 0.15) is 11.7 Å². The maximum Gasteiger partial charge on any atom is 0.278 e. The van der Waals surface area contributed by atoms with Gasteiger partial charge in [0.2, 0.25) is 0 Å². The van der Waals surface area contributed by atoms with Gasteiger partial charge in [0.1, 0.15) is 18.0 Å². The van der Waals surface area contributed by atoms with Crippen molar-refractivity contribution in [2.45, 2.75) is 6.17 Å². The summed E-state index contributed by atoms with van der Waals surface area (Å²) in [5.74, 6) is 0.521. The summed E-state index contributed by atoms with van der Waals surface area (Å²) in [4.78, 5) is 10.9. The van der Waals surface area contributed by atoms with E-state index < -0.39 is 0 Å². The molecule has 1 aromatic heterocycles. The lowest BCUT2D eigenvalue weighted by molar-refractivity contribution is 0.334. The van der Waals surface area contributed by atoms with Crippen LogP contribution in [0.2, 0.25) is 10.0 Å². The minimum absolute atomic E-state index is 0.255. The van der Waals surface area contributed by atoms with E-state index in [4.69, 9.17) is 32.7 Å². The zero-order chi connectivity index (χ0) is 19.0. The van der Waals surface area contributed by atoms with Crippen LogP contribution in [-0.4, -0.2) is 30.5 Å². The molecule has 0 amide bonds. The molecular formula is C18H15Cl2N5O2. The molecule has 1 atom stereocenters. The predicted molar refractivity (Wildman–Crippen MR) is 106 cm³/mol. The standard InChI is InChI=1S/C18H15Cl2N5O2/c1-26-17-18(27-2)23-14-12(22-17)8-11(19)13(20)15(14)25-9-21-24-16(25)10-6-4-3-5-7-10/h3-9,16,24H,1-2H3. The second kappa shape index (κ2) is 7.09. The Morgan fingerprint density at radius 1 is 1.04 bits per heavy atom. The fourth-order valence-corrected chi connectivity index (χ4v) is 3.38. The molecule has 0 saturated heterocycles. The van der Waals surface area contributed by atoms with E-state index in [1.54, 1.807) is 12.4 Å². The van der Waals surface area contributed by atoms with Crippen LogP contribution >= 0.6 is 23.2 Å². The van der Waals surface area contributed by atoms with Crippen LogP contribution in [0.3, 0.4) is 0 Å². The van der Waals surface area contributed by atoms with Gasteiger partial charge >= 0.3 is 0 Å². The number of nitrogens with one attached hydrogen (secondary N) is 1. The minimum Gasteiger partial charge on any atom is -0.477 e. The largest absolute Gasteiger partial charge is 0.477 e. The quantitative estimate of drug-likeness (QED) is 0.709. The molecule has 2 aromatic carbocycles. The van der Waals surface area contributed by atoms with Gasteiger partial charge in [-0.15, -0.1) is 0 Å². The average Bonchev–Trinajstić information content (AvgIpc) is 3.18. The Morgan fingerprint density at radius 3 is 2.44 bits per heavy atom. The molecule has 1 N–H and O–H groups in total. The second-order valence-electron chi connectivity index (χ2n) is 5.73. The van der Waals surface area contributed by atoms with Gasteiger partial charge in [-0.1, -0.05) is 53.5 Å². The Hall–Kier alpha value is -2.77. The molecule has 1 unspecified atom stereocenters. The average molecular weight is 404 g/mol. The first-order valence-corrected chi connectivity index (χ1v) is 8.79. The van der Waals surface area contributed by atoms with Gasteiger partial charge in [0, 0.05) is 0 Å². The molecule has 1 aliphatic heterocycles. The number of fused-ring (bicyclic) bond motifs is 1. The second-order valence-corrected chi connectivity index (χ2v) is 6.51.